The van der Waals surface area contributed by atoms with E-state index in [1.54, 1.807) is 12.1 Å². The van der Waals surface area contributed by atoms with Crippen LogP contribution in [0.2, 0.25) is 0 Å². The van der Waals surface area contributed by atoms with Gasteiger partial charge in [0.25, 0.3) is 5.56 Å². The van der Waals surface area contributed by atoms with Crippen molar-refractivity contribution in [3.63, 3.8) is 0 Å². The van der Waals surface area contributed by atoms with Crippen molar-refractivity contribution in [1.82, 2.24) is 9.97 Å². The molecule has 7 heteroatoms. The summed E-state index contributed by atoms with van der Waals surface area (Å²) < 4.78 is 5.41. The predicted molar refractivity (Wildman–Crippen MR) is 116 cm³/mol. The van der Waals surface area contributed by atoms with E-state index < -0.39 is 5.25 Å². The molecule has 0 saturated heterocycles. The molecule has 1 heterocycles. The number of hydrogen-bond acceptors (Lipinski definition) is 5. The lowest BCUT2D eigenvalue weighted by Gasteiger charge is -2.15. The smallest absolute Gasteiger partial charge is 0.252 e. The Labute approximate surface area is 173 Å². The highest BCUT2D eigenvalue weighted by atomic mass is 32.2. The Kier molecular flexibility index (Phi) is 7.08. The summed E-state index contributed by atoms with van der Waals surface area (Å²) in [6, 6.07) is 18.2. The maximum absolute atomic E-state index is 12.7. The molecule has 2 N–H and O–H groups in total. The molecule has 3 rings (SSSR count). The van der Waals surface area contributed by atoms with E-state index in [0.29, 0.717) is 29.6 Å². The fourth-order valence-electron chi connectivity index (χ4n) is 2.73. The number of hydrogen-bond donors (Lipinski definition) is 2. The number of H-pyrrole nitrogens is 1. The number of carbonyl (C=O) groups excluding carboxylic acids is 1. The molecule has 0 spiro atoms. The van der Waals surface area contributed by atoms with Crippen LogP contribution in [0.15, 0.2) is 70.6 Å². The van der Waals surface area contributed by atoms with Gasteiger partial charge in [0.15, 0.2) is 5.16 Å². The number of carbonyl (C=O) groups is 1. The van der Waals surface area contributed by atoms with E-state index in [2.05, 4.69) is 15.3 Å². The third kappa shape index (κ3) is 5.71. The van der Waals surface area contributed by atoms with Gasteiger partial charge in [0, 0.05) is 17.3 Å². The molecule has 0 saturated carbocycles. The molecule has 0 radical (unpaired) electrons. The van der Waals surface area contributed by atoms with Gasteiger partial charge in [-0.1, -0.05) is 49.0 Å². The molecule has 1 amide bonds. The van der Waals surface area contributed by atoms with Gasteiger partial charge < -0.3 is 15.0 Å². The van der Waals surface area contributed by atoms with Crippen LogP contribution in [0, 0.1) is 0 Å². The Bertz CT molecular complexity index is 1000. The molecule has 0 aliphatic heterocycles. The molecular formula is C22H23N3O3S. The third-order valence-corrected chi connectivity index (χ3v) is 5.39. The van der Waals surface area contributed by atoms with Crippen LogP contribution in [0.1, 0.15) is 20.3 Å². The number of benzene rings is 2. The summed E-state index contributed by atoms with van der Waals surface area (Å²) in [5.41, 5.74) is 1.88. The molecule has 6 nitrogen and oxygen atoms in total. The van der Waals surface area contributed by atoms with Crippen molar-refractivity contribution in [2.45, 2.75) is 30.7 Å². The van der Waals surface area contributed by atoms with E-state index in [1.807, 2.05) is 56.3 Å². The van der Waals surface area contributed by atoms with Gasteiger partial charge in [0.05, 0.1) is 17.6 Å². The second-order valence-corrected chi connectivity index (χ2v) is 7.45. The number of aromatic nitrogens is 2. The number of aromatic amines is 1. The molecule has 29 heavy (non-hydrogen) atoms. The third-order valence-electron chi connectivity index (χ3n) is 4.14. The van der Waals surface area contributed by atoms with Gasteiger partial charge in [-0.05, 0) is 37.6 Å². The monoisotopic (exact) mass is 409 g/mol. The summed E-state index contributed by atoms with van der Waals surface area (Å²) >= 11 is 1.25. The minimum Gasteiger partial charge on any atom is -0.494 e. The lowest BCUT2D eigenvalue weighted by Crippen LogP contribution is -2.25. The van der Waals surface area contributed by atoms with Crippen LogP contribution in [0.3, 0.4) is 0 Å². The topological polar surface area (TPSA) is 84.1 Å². The van der Waals surface area contributed by atoms with Crippen LogP contribution < -0.4 is 15.6 Å². The number of nitrogens with zero attached hydrogens (tertiary/aromatic N) is 1. The molecule has 1 atom stereocenters. The van der Waals surface area contributed by atoms with Crippen molar-refractivity contribution in [1.29, 1.82) is 0 Å². The Morgan fingerprint density at radius 1 is 1.14 bits per heavy atom. The van der Waals surface area contributed by atoms with Gasteiger partial charge in [-0.2, -0.15) is 0 Å². The van der Waals surface area contributed by atoms with Crippen molar-refractivity contribution < 1.29 is 9.53 Å². The average molecular weight is 410 g/mol. The van der Waals surface area contributed by atoms with Crippen LogP contribution in [0.5, 0.6) is 5.75 Å². The quantitative estimate of drug-likeness (QED) is 0.427. The lowest BCUT2D eigenvalue weighted by molar-refractivity contribution is -0.115. The maximum atomic E-state index is 12.7. The number of nitrogens with one attached hydrogen (secondary N) is 2. The normalized spacial score (nSPS) is 11.7. The molecule has 0 aliphatic rings. The van der Waals surface area contributed by atoms with Crippen molar-refractivity contribution in [2.24, 2.45) is 0 Å². The summed E-state index contributed by atoms with van der Waals surface area (Å²) in [4.78, 5) is 32.0. The highest BCUT2D eigenvalue weighted by molar-refractivity contribution is 8.00. The molecular weight excluding hydrogens is 386 g/mol. The molecule has 1 aromatic heterocycles. The highest BCUT2D eigenvalue weighted by Gasteiger charge is 2.20. The van der Waals surface area contributed by atoms with E-state index in [0.717, 1.165) is 11.3 Å². The number of amides is 1. The van der Waals surface area contributed by atoms with E-state index in [9.17, 15) is 9.59 Å². The highest BCUT2D eigenvalue weighted by Crippen LogP contribution is 2.25. The van der Waals surface area contributed by atoms with Crippen LogP contribution in [0.4, 0.5) is 5.69 Å². The molecule has 3 aromatic rings. The first kappa shape index (κ1) is 20.7. The summed E-state index contributed by atoms with van der Waals surface area (Å²) in [6.45, 7) is 4.44. The Morgan fingerprint density at radius 3 is 2.52 bits per heavy atom. The molecule has 0 bridgehead atoms. The van der Waals surface area contributed by atoms with Gasteiger partial charge in [-0.15, -0.1) is 0 Å². The van der Waals surface area contributed by atoms with Gasteiger partial charge in [-0.3, -0.25) is 9.59 Å². The number of thioether (sulfide) groups is 1. The number of rotatable bonds is 8. The van der Waals surface area contributed by atoms with E-state index in [1.165, 1.54) is 17.8 Å². The zero-order valence-electron chi connectivity index (χ0n) is 16.3. The average Bonchev–Trinajstić information content (AvgIpc) is 2.74. The van der Waals surface area contributed by atoms with Crippen molar-refractivity contribution in [2.75, 3.05) is 11.9 Å². The Morgan fingerprint density at radius 2 is 1.86 bits per heavy atom. The molecule has 2 aromatic carbocycles. The number of ether oxygens (including phenoxy) is 1. The second-order valence-electron chi connectivity index (χ2n) is 6.26. The molecule has 1 unspecified atom stereocenters. The van der Waals surface area contributed by atoms with Crippen LogP contribution >= 0.6 is 11.8 Å². The Balaban J connectivity index is 1.73. The minimum atomic E-state index is -0.393. The molecule has 0 fully saturated rings. The fourth-order valence-corrected chi connectivity index (χ4v) is 3.64. The van der Waals surface area contributed by atoms with E-state index in [-0.39, 0.29) is 11.5 Å². The fraction of sp³-hybridized carbons (Fsp3) is 0.227. The van der Waals surface area contributed by atoms with Crippen LogP contribution in [0.25, 0.3) is 11.3 Å². The minimum absolute atomic E-state index is 0.144. The van der Waals surface area contributed by atoms with Gasteiger partial charge in [-0.25, -0.2) is 4.98 Å². The van der Waals surface area contributed by atoms with Crippen molar-refractivity contribution >= 4 is 23.4 Å². The SMILES string of the molecule is CCOc1ccc(NC(=O)C(CC)Sc2nc(-c3ccccc3)cc(=O)[nH]2)cc1. The standard InChI is InChI=1S/C22H23N3O3S/c1-3-19(21(27)23-16-10-12-17(13-11-16)28-4-2)29-22-24-18(14-20(26)25-22)15-8-6-5-7-9-15/h5-14,19H,3-4H2,1-2H3,(H,23,27)(H,24,25,26). The first-order chi connectivity index (χ1) is 14.1. The first-order valence-electron chi connectivity index (χ1n) is 9.46. The van der Waals surface area contributed by atoms with E-state index >= 15 is 0 Å². The summed E-state index contributed by atoms with van der Waals surface area (Å²) in [5, 5.41) is 2.94. The first-order valence-corrected chi connectivity index (χ1v) is 10.3. The second kappa shape index (κ2) is 9.93. The summed E-state index contributed by atoms with van der Waals surface area (Å²) in [6.07, 6.45) is 0.590. The van der Waals surface area contributed by atoms with Crippen LogP contribution in [-0.4, -0.2) is 27.7 Å². The van der Waals surface area contributed by atoms with Gasteiger partial charge in [0.2, 0.25) is 5.91 Å². The zero-order chi connectivity index (χ0) is 20.6. The van der Waals surface area contributed by atoms with Gasteiger partial charge >= 0.3 is 0 Å². The van der Waals surface area contributed by atoms with Gasteiger partial charge in [0.1, 0.15) is 5.75 Å². The molecule has 0 aliphatic carbocycles. The van der Waals surface area contributed by atoms with Crippen LogP contribution in [-0.2, 0) is 4.79 Å². The lowest BCUT2D eigenvalue weighted by atomic mass is 10.1. The Hall–Kier alpha value is -3.06. The predicted octanol–water partition coefficient (Wildman–Crippen LogP) is 4.35. The molecule has 150 valence electrons. The summed E-state index contributed by atoms with van der Waals surface area (Å²) in [7, 11) is 0. The maximum Gasteiger partial charge on any atom is 0.252 e. The van der Waals surface area contributed by atoms with E-state index in [4.69, 9.17) is 4.74 Å². The largest absolute Gasteiger partial charge is 0.494 e. The van der Waals surface area contributed by atoms with Crippen molar-refractivity contribution in [3.8, 4) is 17.0 Å². The zero-order valence-corrected chi connectivity index (χ0v) is 17.2. The number of anilines is 1. The summed E-state index contributed by atoms with van der Waals surface area (Å²) in [5.74, 6) is 0.612. The van der Waals surface area contributed by atoms with Crippen molar-refractivity contribution in [3.05, 3.63) is 71.0 Å².